The van der Waals surface area contributed by atoms with Crippen molar-refractivity contribution in [1.29, 1.82) is 0 Å². The van der Waals surface area contributed by atoms with E-state index in [9.17, 15) is 4.79 Å². The van der Waals surface area contributed by atoms with Gasteiger partial charge >= 0.3 is 5.97 Å². The third-order valence-electron chi connectivity index (χ3n) is 4.18. The Hall–Kier alpha value is -2.69. The fourth-order valence-corrected chi connectivity index (χ4v) is 2.94. The summed E-state index contributed by atoms with van der Waals surface area (Å²) in [5.41, 5.74) is 3.65. The Bertz CT molecular complexity index is 742. The van der Waals surface area contributed by atoms with Crippen molar-refractivity contribution in [1.82, 2.24) is 0 Å². The molecule has 0 saturated heterocycles. The number of carboxylic acid groups (broad SMARTS) is 1. The first-order valence-corrected chi connectivity index (χ1v) is 7.44. The first-order valence-electron chi connectivity index (χ1n) is 7.44. The summed E-state index contributed by atoms with van der Waals surface area (Å²) in [7, 11) is 3.26. The summed E-state index contributed by atoms with van der Waals surface area (Å²) in [4.78, 5) is 13.3. The second-order valence-electron chi connectivity index (χ2n) is 5.50. The van der Waals surface area contributed by atoms with Crippen LogP contribution in [-0.2, 0) is 13.0 Å². The molecule has 0 aromatic heterocycles. The van der Waals surface area contributed by atoms with Crippen LogP contribution in [0.2, 0.25) is 0 Å². The predicted octanol–water partition coefficient (Wildman–Crippen LogP) is 2.96. The third kappa shape index (κ3) is 2.95. The van der Waals surface area contributed by atoms with Gasteiger partial charge in [-0.05, 0) is 47.9 Å². The van der Waals surface area contributed by atoms with Crippen molar-refractivity contribution >= 4 is 11.7 Å². The van der Waals surface area contributed by atoms with E-state index >= 15 is 0 Å². The van der Waals surface area contributed by atoms with Crippen LogP contribution >= 0.6 is 0 Å². The van der Waals surface area contributed by atoms with Crippen LogP contribution in [0.1, 0.15) is 21.5 Å². The molecule has 0 bridgehead atoms. The lowest BCUT2D eigenvalue weighted by molar-refractivity contribution is 0.0697. The molecule has 0 atom stereocenters. The lowest BCUT2D eigenvalue weighted by Crippen LogP contribution is -2.30. The van der Waals surface area contributed by atoms with Gasteiger partial charge in [-0.15, -0.1) is 0 Å². The fourth-order valence-electron chi connectivity index (χ4n) is 2.94. The Labute approximate surface area is 135 Å². The van der Waals surface area contributed by atoms with E-state index in [1.165, 1.54) is 11.1 Å². The number of rotatable bonds is 4. The Morgan fingerprint density at radius 1 is 1.09 bits per heavy atom. The minimum Gasteiger partial charge on any atom is -0.493 e. The topological polar surface area (TPSA) is 59.0 Å². The van der Waals surface area contributed by atoms with Gasteiger partial charge in [-0.25, -0.2) is 4.79 Å². The van der Waals surface area contributed by atoms with Gasteiger partial charge in [0.1, 0.15) is 0 Å². The average molecular weight is 313 g/mol. The Balaban J connectivity index is 1.90. The van der Waals surface area contributed by atoms with E-state index < -0.39 is 5.97 Å². The minimum absolute atomic E-state index is 0.306. The van der Waals surface area contributed by atoms with E-state index in [-0.39, 0.29) is 0 Å². The van der Waals surface area contributed by atoms with Crippen molar-refractivity contribution in [3.8, 4) is 11.5 Å². The second-order valence-corrected chi connectivity index (χ2v) is 5.50. The smallest absolute Gasteiger partial charge is 0.335 e. The highest BCUT2D eigenvalue weighted by Gasteiger charge is 2.20. The van der Waals surface area contributed by atoms with Crippen molar-refractivity contribution in [3.05, 3.63) is 53.1 Å². The monoisotopic (exact) mass is 313 g/mol. The summed E-state index contributed by atoms with van der Waals surface area (Å²) in [5.74, 6) is 0.552. The maximum absolute atomic E-state index is 11.1. The molecule has 2 aromatic rings. The summed E-state index contributed by atoms with van der Waals surface area (Å²) in [6.45, 7) is 1.56. The van der Waals surface area contributed by atoms with Gasteiger partial charge in [-0.1, -0.05) is 6.07 Å². The molecule has 1 aliphatic heterocycles. The van der Waals surface area contributed by atoms with Gasteiger partial charge in [-0.2, -0.15) is 0 Å². The zero-order chi connectivity index (χ0) is 16.4. The van der Waals surface area contributed by atoms with Crippen LogP contribution in [0, 0.1) is 0 Å². The highest BCUT2D eigenvalue weighted by molar-refractivity contribution is 5.88. The molecule has 0 saturated carbocycles. The third-order valence-corrected chi connectivity index (χ3v) is 4.18. The summed E-state index contributed by atoms with van der Waals surface area (Å²) >= 11 is 0. The van der Waals surface area contributed by atoms with Crippen molar-refractivity contribution in [2.45, 2.75) is 13.0 Å². The lowest BCUT2D eigenvalue weighted by atomic mass is 9.98. The minimum atomic E-state index is -0.907. The second kappa shape index (κ2) is 6.20. The standard InChI is InChI=1S/C18H19NO4/c1-22-16-9-12-6-7-19(11-14(12)10-17(16)23-2)15-5-3-4-13(8-15)18(20)21/h3-5,8-10H,6-7,11H2,1-2H3,(H,20,21). The van der Waals surface area contributed by atoms with Gasteiger partial charge in [0.15, 0.2) is 11.5 Å². The Morgan fingerprint density at radius 3 is 2.43 bits per heavy atom. The maximum Gasteiger partial charge on any atom is 0.335 e. The molecule has 3 rings (SSSR count). The lowest BCUT2D eigenvalue weighted by Gasteiger charge is -2.31. The summed E-state index contributed by atoms with van der Waals surface area (Å²) in [5, 5.41) is 9.14. The molecular formula is C18H19NO4. The number of ether oxygens (including phenoxy) is 2. The van der Waals surface area contributed by atoms with Gasteiger partial charge in [0.2, 0.25) is 0 Å². The van der Waals surface area contributed by atoms with Crippen LogP contribution in [0.3, 0.4) is 0 Å². The number of fused-ring (bicyclic) bond motifs is 1. The van der Waals surface area contributed by atoms with Crippen molar-refractivity contribution < 1.29 is 19.4 Å². The first kappa shape index (κ1) is 15.2. The van der Waals surface area contributed by atoms with Crippen LogP contribution in [0.5, 0.6) is 11.5 Å². The number of carbonyl (C=O) groups is 1. The number of aromatic carboxylic acids is 1. The van der Waals surface area contributed by atoms with E-state index in [1.54, 1.807) is 32.4 Å². The summed E-state index contributed by atoms with van der Waals surface area (Å²) in [6.07, 6.45) is 0.882. The molecule has 5 heteroatoms. The highest BCUT2D eigenvalue weighted by atomic mass is 16.5. The fraction of sp³-hybridized carbons (Fsp3) is 0.278. The molecule has 0 spiro atoms. The predicted molar refractivity (Wildman–Crippen MR) is 87.7 cm³/mol. The van der Waals surface area contributed by atoms with Crippen molar-refractivity contribution in [2.75, 3.05) is 25.7 Å². The van der Waals surface area contributed by atoms with Gasteiger partial charge in [-0.3, -0.25) is 0 Å². The molecule has 1 aliphatic rings. The molecule has 0 radical (unpaired) electrons. The maximum atomic E-state index is 11.1. The van der Waals surface area contributed by atoms with Crippen molar-refractivity contribution in [2.24, 2.45) is 0 Å². The largest absolute Gasteiger partial charge is 0.493 e. The molecule has 0 unspecified atom stereocenters. The zero-order valence-electron chi connectivity index (χ0n) is 13.2. The highest BCUT2D eigenvalue weighted by Crippen LogP contribution is 2.34. The summed E-state index contributed by atoms with van der Waals surface area (Å²) < 4.78 is 10.7. The molecule has 1 N–H and O–H groups in total. The van der Waals surface area contributed by atoms with Crippen molar-refractivity contribution in [3.63, 3.8) is 0 Å². The molecule has 5 nitrogen and oxygen atoms in total. The molecule has 2 aromatic carbocycles. The molecule has 120 valence electrons. The molecule has 23 heavy (non-hydrogen) atoms. The van der Waals surface area contributed by atoms with E-state index in [2.05, 4.69) is 4.90 Å². The van der Waals surface area contributed by atoms with Crippen LogP contribution < -0.4 is 14.4 Å². The molecule has 0 aliphatic carbocycles. The normalized spacial score (nSPS) is 13.4. The van der Waals surface area contributed by atoms with Crippen LogP contribution in [0.15, 0.2) is 36.4 Å². The number of nitrogens with zero attached hydrogens (tertiary/aromatic N) is 1. The van der Waals surface area contributed by atoms with Crippen LogP contribution in [0.4, 0.5) is 5.69 Å². The first-order chi connectivity index (χ1) is 11.1. The van der Waals surface area contributed by atoms with E-state index in [0.717, 1.165) is 30.9 Å². The number of anilines is 1. The van der Waals surface area contributed by atoms with Crippen LogP contribution in [0.25, 0.3) is 0 Å². The number of methoxy groups -OCH3 is 2. The van der Waals surface area contributed by atoms with Gasteiger partial charge in [0, 0.05) is 18.8 Å². The molecular weight excluding hydrogens is 294 g/mol. The van der Waals surface area contributed by atoms with E-state index in [1.807, 2.05) is 18.2 Å². The molecule has 1 heterocycles. The Morgan fingerprint density at radius 2 is 1.78 bits per heavy atom. The molecule has 0 fully saturated rings. The van der Waals surface area contributed by atoms with Gasteiger partial charge in [0.25, 0.3) is 0 Å². The number of carboxylic acids is 1. The SMILES string of the molecule is COc1cc2c(cc1OC)CN(c1cccc(C(=O)O)c1)CC2. The van der Waals surface area contributed by atoms with Gasteiger partial charge < -0.3 is 19.5 Å². The van der Waals surface area contributed by atoms with E-state index in [4.69, 9.17) is 14.6 Å². The zero-order valence-corrected chi connectivity index (χ0v) is 13.2. The van der Waals surface area contributed by atoms with Crippen LogP contribution in [-0.4, -0.2) is 31.8 Å². The Kier molecular flexibility index (Phi) is 4.10. The number of hydrogen-bond donors (Lipinski definition) is 1. The summed E-state index contributed by atoms with van der Waals surface area (Å²) in [6, 6.07) is 11.1. The number of benzene rings is 2. The quantitative estimate of drug-likeness (QED) is 0.940. The number of hydrogen-bond acceptors (Lipinski definition) is 4. The van der Waals surface area contributed by atoms with Gasteiger partial charge in [0.05, 0.1) is 19.8 Å². The van der Waals surface area contributed by atoms with E-state index in [0.29, 0.717) is 11.3 Å². The molecule has 0 amide bonds. The average Bonchev–Trinajstić information content (AvgIpc) is 2.60.